The number of anilines is 2. The van der Waals surface area contributed by atoms with E-state index in [-0.39, 0.29) is 6.42 Å². The second-order valence-electron chi connectivity index (χ2n) is 6.58. The fourth-order valence-corrected chi connectivity index (χ4v) is 3.11. The minimum Gasteiger partial charge on any atom is -0.489 e. The molecule has 3 rings (SSSR count). The highest BCUT2D eigenvalue weighted by atomic mass is 16.5. The lowest BCUT2D eigenvalue weighted by molar-refractivity contribution is -0.136. The number of nitrogens with zero attached hydrogens (tertiary/aromatic N) is 1. The van der Waals surface area contributed by atoms with Crippen molar-refractivity contribution in [2.75, 3.05) is 11.4 Å². The first-order valence-electron chi connectivity index (χ1n) is 9.51. The van der Waals surface area contributed by atoms with Gasteiger partial charge in [0, 0.05) is 24.3 Å². The van der Waals surface area contributed by atoms with Crippen LogP contribution in [0.3, 0.4) is 0 Å². The zero-order valence-corrected chi connectivity index (χ0v) is 16.0. The summed E-state index contributed by atoms with van der Waals surface area (Å²) < 4.78 is 5.91. The number of hydrogen-bond acceptors (Lipinski definition) is 3. The van der Waals surface area contributed by atoms with Gasteiger partial charge in [-0.1, -0.05) is 42.5 Å². The summed E-state index contributed by atoms with van der Waals surface area (Å²) in [5.74, 6) is -0.00304. The van der Waals surface area contributed by atoms with Crippen molar-refractivity contribution in [1.82, 2.24) is 0 Å². The van der Waals surface area contributed by atoms with Crippen molar-refractivity contribution >= 4 is 17.3 Å². The molecule has 28 heavy (non-hydrogen) atoms. The summed E-state index contributed by atoms with van der Waals surface area (Å²) in [5.41, 5.74) is 4.40. The summed E-state index contributed by atoms with van der Waals surface area (Å²) in [6.45, 7) is 3.50. The fraction of sp³-hybridized carbons (Fsp3) is 0.208. The first-order chi connectivity index (χ1) is 13.7. The summed E-state index contributed by atoms with van der Waals surface area (Å²) >= 11 is 0. The normalized spacial score (nSPS) is 10.5. The van der Waals surface area contributed by atoms with Gasteiger partial charge >= 0.3 is 5.97 Å². The number of carbonyl (C=O) groups is 1. The van der Waals surface area contributed by atoms with E-state index in [0.29, 0.717) is 13.0 Å². The van der Waals surface area contributed by atoms with E-state index in [1.807, 2.05) is 42.5 Å². The number of rotatable bonds is 9. The molecule has 1 N–H and O–H groups in total. The monoisotopic (exact) mass is 375 g/mol. The molecular formula is C24H25NO3. The highest BCUT2D eigenvalue weighted by molar-refractivity contribution is 5.67. The highest BCUT2D eigenvalue weighted by Crippen LogP contribution is 2.26. The summed E-state index contributed by atoms with van der Waals surface area (Å²) in [4.78, 5) is 12.9. The largest absolute Gasteiger partial charge is 0.489 e. The molecule has 0 saturated carbocycles. The Balaban J connectivity index is 1.64. The Morgan fingerprint density at radius 3 is 2.29 bits per heavy atom. The molecule has 0 spiro atoms. The van der Waals surface area contributed by atoms with Gasteiger partial charge in [0.25, 0.3) is 0 Å². The zero-order chi connectivity index (χ0) is 19.8. The average Bonchev–Trinajstić information content (AvgIpc) is 2.73. The molecule has 144 valence electrons. The van der Waals surface area contributed by atoms with E-state index in [9.17, 15) is 4.79 Å². The van der Waals surface area contributed by atoms with E-state index in [0.717, 1.165) is 29.1 Å². The number of carboxylic acids is 1. The molecule has 4 heteroatoms. The molecule has 0 amide bonds. The van der Waals surface area contributed by atoms with E-state index in [1.165, 1.54) is 5.69 Å². The first kappa shape index (κ1) is 19.5. The molecule has 0 bridgehead atoms. The van der Waals surface area contributed by atoms with Crippen LogP contribution in [-0.4, -0.2) is 17.6 Å². The molecule has 0 aliphatic carbocycles. The van der Waals surface area contributed by atoms with Crippen molar-refractivity contribution < 1.29 is 14.6 Å². The molecule has 0 radical (unpaired) electrons. The SMILES string of the molecule is CCN(c1ccccc1)c1cccc(COc2ccc(CCC(=O)O)cc2)c1. The van der Waals surface area contributed by atoms with Gasteiger partial charge in [0.05, 0.1) is 0 Å². The van der Waals surface area contributed by atoms with Crippen LogP contribution in [0.25, 0.3) is 0 Å². The van der Waals surface area contributed by atoms with E-state index in [2.05, 4.69) is 48.2 Å². The maximum Gasteiger partial charge on any atom is 0.303 e. The highest BCUT2D eigenvalue weighted by Gasteiger charge is 2.08. The Labute approximate surface area is 166 Å². The number of ether oxygens (including phenoxy) is 1. The van der Waals surface area contributed by atoms with Gasteiger partial charge in [-0.2, -0.15) is 0 Å². The van der Waals surface area contributed by atoms with Crippen molar-refractivity contribution in [3.8, 4) is 5.75 Å². The second-order valence-corrected chi connectivity index (χ2v) is 6.58. The maximum atomic E-state index is 10.7. The van der Waals surface area contributed by atoms with E-state index in [1.54, 1.807) is 0 Å². The molecule has 0 unspecified atom stereocenters. The van der Waals surface area contributed by atoms with E-state index >= 15 is 0 Å². The van der Waals surface area contributed by atoms with Crippen LogP contribution in [0.5, 0.6) is 5.75 Å². The predicted molar refractivity (Wildman–Crippen MR) is 112 cm³/mol. The third-order valence-corrected chi connectivity index (χ3v) is 4.56. The summed E-state index contributed by atoms with van der Waals surface area (Å²) in [6, 6.07) is 26.3. The van der Waals surface area contributed by atoms with Crippen molar-refractivity contribution in [3.05, 3.63) is 90.0 Å². The number of carboxylic acid groups (broad SMARTS) is 1. The Morgan fingerprint density at radius 1 is 0.893 bits per heavy atom. The Hall–Kier alpha value is -3.27. The van der Waals surface area contributed by atoms with Crippen molar-refractivity contribution in [1.29, 1.82) is 0 Å². The molecule has 0 fully saturated rings. The van der Waals surface area contributed by atoms with Crippen LogP contribution in [0, 0.1) is 0 Å². The number of aryl methyl sites for hydroxylation is 1. The van der Waals surface area contributed by atoms with Gasteiger partial charge in [0.2, 0.25) is 0 Å². The number of hydrogen-bond donors (Lipinski definition) is 1. The molecule has 0 saturated heterocycles. The maximum absolute atomic E-state index is 10.7. The summed E-state index contributed by atoms with van der Waals surface area (Å²) in [7, 11) is 0. The second kappa shape index (κ2) is 9.60. The molecule has 0 aliphatic heterocycles. The van der Waals surface area contributed by atoms with Gasteiger partial charge in [-0.15, -0.1) is 0 Å². The summed E-state index contributed by atoms with van der Waals surface area (Å²) in [5, 5.41) is 8.76. The lowest BCUT2D eigenvalue weighted by atomic mass is 10.1. The molecular weight excluding hydrogens is 350 g/mol. The van der Waals surface area contributed by atoms with Crippen LogP contribution in [0.2, 0.25) is 0 Å². The summed E-state index contributed by atoms with van der Waals surface area (Å²) in [6.07, 6.45) is 0.673. The predicted octanol–water partition coefficient (Wildman–Crippen LogP) is 5.44. The van der Waals surface area contributed by atoms with Gasteiger partial charge in [0.15, 0.2) is 0 Å². The Morgan fingerprint density at radius 2 is 1.61 bits per heavy atom. The molecule has 0 aromatic heterocycles. The number of aliphatic carboxylic acids is 1. The molecule has 3 aromatic rings. The fourth-order valence-electron chi connectivity index (χ4n) is 3.11. The zero-order valence-electron chi connectivity index (χ0n) is 16.0. The first-order valence-corrected chi connectivity index (χ1v) is 9.51. The molecule has 0 heterocycles. The van der Waals surface area contributed by atoms with Crippen molar-refractivity contribution in [2.45, 2.75) is 26.4 Å². The average molecular weight is 375 g/mol. The lowest BCUT2D eigenvalue weighted by Gasteiger charge is -2.24. The third kappa shape index (κ3) is 5.36. The minimum atomic E-state index is -0.781. The Bertz CT molecular complexity index is 891. The topological polar surface area (TPSA) is 49.8 Å². The molecule has 0 aliphatic rings. The van der Waals surface area contributed by atoms with Gasteiger partial charge in [-0.05, 0) is 60.9 Å². The van der Waals surface area contributed by atoms with Crippen LogP contribution >= 0.6 is 0 Å². The van der Waals surface area contributed by atoms with E-state index < -0.39 is 5.97 Å². The standard InChI is InChI=1S/C24H25NO3/c1-2-25(21-8-4-3-5-9-21)22-10-6-7-20(17-22)18-28-23-14-11-19(12-15-23)13-16-24(26)27/h3-12,14-15,17H,2,13,16,18H2,1H3,(H,26,27). The molecule has 3 aromatic carbocycles. The molecule has 0 atom stereocenters. The Kier molecular flexibility index (Phi) is 6.68. The smallest absolute Gasteiger partial charge is 0.303 e. The van der Waals surface area contributed by atoms with Crippen LogP contribution in [0.1, 0.15) is 24.5 Å². The lowest BCUT2D eigenvalue weighted by Crippen LogP contribution is -2.16. The van der Waals surface area contributed by atoms with Gasteiger partial charge in [-0.25, -0.2) is 0 Å². The molecule has 4 nitrogen and oxygen atoms in total. The number of para-hydroxylation sites is 1. The minimum absolute atomic E-state index is 0.141. The van der Waals surface area contributed by atoms with Crippen LogP contribution in [-0.2, 0) is 17.8 Å². The van der Waals surface area contributed by atoms with Gasteiger partial charge < -0.3 is 14.7 Å². The van der Waals surface area contributed by atoms with Crippen LogP contribution in [0.15, 0.2) is 78.9 Å². The quantitative estimate of drug-likeness (QED) is 0.541. The van der Waals surface area contributed by atoms with Crippen molar-refractivity contribution in [2.24, 2.45) is 0 Å². The third-order valence-electron chi connectivity index (χ3n) is 4.56. The van der Waals surface area contributed by atoms with Crippen molar-refractivity contribution in [3.63, 3.8) is 0 Å². The number of benzene rings is 3. The van der Waals surface area contributed by atoms with Crippen LogP contribution < -0.4 is 9.64 Å². The van der Waals surface area contributed by atoms with E-state index in [4.69, 9.17) is 9.84 Å². The van der Waals surface area contributed by atoms with Crippen LogP contribution in [0.4, 0.5) is 11.4 Å². The van der Waals surface area contributed by atoms with Gasteiger partial charge in [-0.3, -0.25) is 4.79 Å². The van der Waals surface area contributed by atoms with Gasteiger partial charge in [0.1, 0.15) is 12.4 Å².